The minimum absolute atomic E-state index is 0.00288. The smallest absolute Gasteiger partial charge is 0.352 e. The van der Waals surface area contributed by atoms with Gasteiger partial charge in [-0.1, -0.05) is 16.4 Å². The lowest BCUT2D eigenvalue weighted by molar-refractivity contribution is -0.689. The Kier molecular flexibility index (Phi) is 15.5. The molecule has 0 saturated carbocycles. The second-order valence-electron chi connectivity index (χ2n) is 15.8. The number of amides is 3. The Hall–Kier alpha value is -7.31. The zero-order valence-electron chi connectivity index (χ0n) is 36.4. The molecule has 26 nitrogen and oxygen atoms in total. The summed E-state index contributed by atoms with van der Waals surface area (Å²) >= 11 is 3.98. The SMILES string of the molecule is CC(C)(O/N=C(\C(=O)NC(C(=O)O)C1NC(C(=O)O)=C(CNc2nc(/C(=N/OC(C)(C)C(=O)O)C(=O)NC3C(=O)N4C(C(=O)O)=C(C[n+]5ccccc5)CSC34)cs2)CS1)c1csc(N)n1)C(=O)O. The van der Waals surface area contributed by atoms with E-state index >= 15 is 0 Å². The highest BCUT2D eigenvalue weighted by molar-refractivity contribution is 8.00. The highest BCUT2D eigenvalue weighted by atomic mass is 32.2. The van der Waals surface area contributed by atoms with Crippen molar-refractivity contribution in [1.82, 2.24) is 30.8 Å². The molecule has 6 rings (SSSR count). The molecule has 366 valence electrons. The first-order valence-corrected chi connectivity index (χ1v) is 23.8. The second kappa shape index (κ2) is 20.9. The summed E-state index contributed by atoms with van der Waals surface area (Å²) in [6.45, 7) is 4.64. The van der Waals surface area contributed by atoms with E-state index < -0.39 is 98.7 Å². The van der Waals surface area contributed by atoms with E-state index in [0.717, 1.165) is 53.2 Å². The van der Waals surface area contributed by atoms with Crippen LogP contribution in [0, 0.1) is 0 Å². The minimum Gasteiger partial charge on any atom is -0.480 e. The van der Waals surface area contributed by atoms with Crippen LogP contribution in [0.5, 0.6) is 0 Å². The van der Waals surface area contributed by atoms with Gasteiger partial charge < -0.3 is 62.2 Å². The van der Waals surface area contributed by atoms with Gasteiger partial charge in [-0.15, -0.1) is 46.2 Å². The number of hydrogen-bond donors (Lipinski definition) is 10. The number of nitrogens with two attached hydrogens (primary N) is 1. The number of carboxylic acids is 5. The first-order valence-electron chi connectivity index (χ1n) is 19.9. The van der Waals surface area contributed by atoms with Gasteiger partial charge in [0.05, 0.1) is 0 Å². The Labute approximate surface area is 405 Å². The molecule has 0 radical (unpaired) electrons. The number of aliphatic carboxylic acids is 5. The van der Waals surface area contributed by atoms with Gasteiger partial charge in [0.1, 0.15) is 39.6 Å². The fourth-order valence-corrected chi connectivity index (χ4v) is 9.96. The van der Waals surface area contributed by atoms with E-state index in [2.05, 4.69) is 41.5 Å². The van der Waals surface area contributed by atoms with Crippen molar-refractivity contribution in [2.45, 2.75) is 68.3 Å². The van der Waals surface area contributed by atoms with Crippen LogP contribution in [0.1, 0.15) is 39.1 Å². The predicted octanol–water partition coefficient (Wildman–Crippen LogP) is -0.241. The first-order chi connectivity index (χ1) is 32.5. The van der Waals surface area contributed by atoms with Gasteiger partial charge in [0.25, 0.3) is 17.7 Å². The maximum Gasteiger partial charge on any atom is 0.352 e. The van der Waals surface area contributed by atoms with Crippen LogP contribution in [0.4, 0.5) is 10.3 Å². The van der Waals surface area contributed by atoms with Gasteiger partial charge in [0.2, 0.25) is 11.2 Å². The van der Waals surface area contributed by atoms with E-state index in [-0.39, 0.29) is 57.5 Å². The van der Waals surface area contributed by atoms with Crippen molar-refractivity contribution in [3.8, 4) is 0 Å². The Morgan fingerprint density at radius 3 is 2.01 bits per heavy atom. The van der Waals surface area contributed by atoms with Crippen molar-refractivity contribution in [3.63, 3.8) is 0 Å². The summed E-state index contributed by atoms with van der Waals surface area (Å²) in [6.07, 6.45) is 3.50. The quantitative estimate of drug-likeness (QED) is 0.0285. The maximum absolute atomic E-state index is 13.9. The molecule has 4 unspecified atom stereocenters. The van der Waals surface area contributed by atoms with Crippen molar-refractivity contribution in [2.75, 3.05) is 29.1 Å². The van der Waals surface area contributed by atoms with Gasteiger partial charge in [0.15, 0.2) is 46.7 Å². The standard InChI is InChI=1S/C39H41N11O15S4/c1-38(2,34(60)61)64-47-21(18-14-68-36(40)42-18)26(51)44-23(32(56)57)28-46-20(31(54)55)16(12-66-28)10-41-37-43-19(15-69-37)22(48-65-39(3,4)35(62)63)27(52)45-24-29(53)50-25(33(58)59)17(13-67-30(24)50)11-49-8-6-5-7-9-49/h5-9,14-15,23-24,28,30,46H,10-13H2,1-4H3,(H9-,40,41,42,43,44,45,51,52,54,55,56,57,58,59,60,61,62,63)/p+1/b47-21-,48-22-. The van der Waals surface area contributed by atoms with Gasteiger partial charge in [0, 0.05) is 46.5 Å². The summed E-state index contributed by atoms with van der Waals surface area (Å²) in [6, 6.07) is 2.32. The molecule has 1 saturated heterocycles. The number of thiazole rings is 2. The van der Waals surface area contributed by atoms with Crippen molar-refractivity contribution < 1.29 is 78.1 Å². The van der Waals surface area contributed by atoms with Crippen LogP contribution in [0.3, 0.4) is 0 Å². The highest BCUT2D eigenvalue weighted by Crippen LogP contribution is 2.40. The molecule has 3 aromatic rings. The average Bonchev–Trinajstić information content (AvgIpc) is 3.95. The third-order valence-corrected chi connectivity index (χ3v) is 14.1. The van der Waals surface area contributed by atoms with Crippen LogP contribution in [-0.4, -0.2) is 151 Å². The molecule has 69 heavy (non-hydrogen) atoms. The molecule has 11 N–H and O–H groups in total. The highest BCUT2D eigenvalue weighted by Gasteiger charge is 2.55. The third-order valence-electron chi connectivity index (χ3n) is 9.99. The van der Waals surface area contributed by atoms with Crippen molar-refractivity contribution in [2.24, 2.45) is 10.3 Å². The van der Waals surface area contributed by atoms with Crippen LogP contribution in [-0.2, 0) is 54.6 Å². The number of nitrogen functional groups attached to an aromatic ring is 1. The topological polar surface area (TPSA) is 388 Å². The lowest BCUT2D eigenvalue weighted by atomic mass is 10.0. The number of carbonyl (C=O) groups excluding carboxylic acids is 3. The van der Waals surface area contributed by atoms with E-state index in [1.54, 1.807) is 35.2 Å². The number of nitrogens with one attached hydrogen (secondary N) is 4. The number of hydrogen-bond acceptors (Lipinski definition) is 21. The number of thioether (sulfide) groups is 2. The molecule has 3 aliphatic heterocycles. The lowest BCUT2D eigenvalue weighted by Crippen LogP contribution is -2.71. The summed E-state index contributed by atoms with van der Waals surface area (Å²) < 4.78 is 1.76. The van der Waals surface area contributed by atoms with E-state index in [1.165, 1.54) is 36.4 Å². The normalized spacial score (nSPS) is 19.0. The Bertz CT molecular complexity index is 2720. The van der Waals surface area contributed by atoms with E-state index in [4.69, 9.17) is 15.4 Å². The van der Waals surface area contributed by atoms with E-state index in [1.807, 2.05) is 0 Å². The molecule has 6 heterocycles. The van der Waals surface area contributed by atoms with Gasteiger partial charge in [-0.2, -0.15) is 0 Å². The Morgan fingerprint density at radius 1 is 0.855 bits per heavy atom. The Morgan fingerprint density at radius 2 is 1.45 bits per heavy atom. The van der Waals surface area contributed by atoms with E-state index in [9.17, 15) is 63.9 Å². The van der Waals surface area contributed by atoms with Gasteiger partial charge in [-0.3, -0.25) is 19.3 Å². The van der Waals surface area contributed by atoms with Gasteiger partial charge >= 0.3 is 29.8 Å². The monoisotopic (exact) mass is 1030 g/mol. The molecular weight excluding hydrogens is 991 g/mol. The molecule has 0 bridgehead atoms. The number of fused-ring (bicyclic) bond motifs is 1. The number of aromatic nitrogens is 3. The second-order valence-corrected chi connectivity index (χ2v) is 19.8. The largest absolute Gasteiger partial charge is 0.480 e. The summed E-state index contributed by atoms with van der Waals surface area (Å²) in [5.41, 5.74) is 0.424. The number of carboxylic acid groups (broad SMARTS) is 5. The number of carbonyl (C=O) groups is 8. The summed E-state index contributed by atoms with van der Waals surface area (Å²) in [7, 11) is 0. The molecular formula is C39H42N11O15S4+. The Balaban J connectivity index is 1.17. The number of nitrogens with zero attached hydrogens (tertiary/aromatic N) is 6. The number of pyridine rings is 1. The molecule has 30 heteroatoms. The third kappa shape index (κ3) is 11.7. The fraction of sp³-hybridized carbons (Fsp3) is 0.359. The van der Waals surface area contributed by atoms with Gasteiger partial charge in [-0.05, 0) is 33.3 Å². The molecule has 0 aromatic carbocycles. The van der Waals surface area contributed by atoms with Crippen molar-refractivity contribution in [1.29, 1.82) is 0 Å². The number of β-lactam (4-membered cyclic amide) rings is 1. The van der Waals surface area contributed by atoms with Crippen LogP contribution in [0.2, 0.25) is 0 Å². The molecule has 0 spiro atoms. The number of anilines is 2. The minimum atomic E-state index is -1.94. The van der Waals surface area contributed by atoms with Crippen LogP contribution in [0.25, 0.3) is 0 Å². The van der Waals surface area contributed by atoms with Crippen LogP contribution < -0.4 is 31.6 Å². The number of rotatable bonds is 21. The lowest BCUT2D eigenvalue weighted by Gasteiger charge is -2.49. The fourth-order valence-electron chi connectivity index (χ4n) is 6.18. The molecule has 4 atom stereocenters. The zero-order chi connectivity index (χ0) is 50.5. The average molecular weight is 1030 g/mol. The van der Waals surface area contributed by atoms with Crippen molar-refractivity contribution in [3.05, 3.63) is 75.3 Å². The molecule has 1 fully saturated rings. The molecule has 0 aliphatic carbocycles. The molecule has 3 amide bonds. The zero-order valence-corrected chi connectivity index (χ0v) is 39.7. The summed E-state index contributed by atoms with van der Waals surface area (Å²) in [4.78, 5) is 122. The molecule has 3 aliphatic rings. The summed E-state index contributed by atoms with van der Waals surface area (Å²) in [5, 5.41) is 68.0. The molecule has 3 aromatic heterocycles. The number of oxime groups is 2. The van der Waals surface area contributed by atoms with Crippen molar-refractivity contribution >= 4 is 115 Å². The van der Waals surface area contributed by atoms with E-state index in [0.29, 0.717) is 5.57 Å². The summed E-state index contributed by atoms with van der Waals surface area (Å²) in [5.74, 6) is -10.0. The predicted molar refractivity (Wildman–Crippen MR) is 246 cm³/mol. The first kappa shape index (κ1) is 51.1. The van der Waals surface area contributed by atoms with Crippen LogP contribution >= 0.6 is 46.2 Å². The van der Waals surface area contributed by atoms with Crippen LogP contribution in [0.15, 0.2) is 74.2 Å². The maximum atomic E-state index is 13.9. The van der Waals surface area contributed by atoms with Gasteiger partial charge in [-0.25, -0.2) is 38.5 Å².